The van der Waals surface area contributed by atoms with Gasteiger partial charge in [0.15, 0.2) is 0 Å². The minimum atomic E-state index is 0.340. The molecule has 0 bridgehead atoms. The fourth-order valence-corrected chi connectivity index (χ4v) is 1.51. The number of hydrogen-bond donors (Lipinski definition) is 1. The highest BCUT2D eigenvalue weighted by molar-refractivity contribution is 5.37. The summed E-state index contributed by atoms with van der Waals surface area (Å²) in [5.74, 6) is 1.10. The summed E-state index contributed by atoms with van der Waals surface area (Å²) >= 11 is 0. The molecule has 1 aromatic heterocycles. The second kappa shape index (κ2) is 8.47. The summed E-state index contributed by atoms with van der Waals surface area (Å²) in [6, 6.07) is 0.340. The molecule has 0 spiro atoms. The van der Waals surface area contributed by atoms with Gasteiger partial charge in [0.2, 0.25) is 11.9 Å². The Bertz CT molecular complexity index is 375. The predicted octanol–water partition coefficient (Wildman–Crippen LogP) is 1.17. The Balaban J connectivity index is 2.84. The smallest absolute Gasteiger partial charge is 0.323 e. The van der Waals surface area contributed by atoms with Crippen molar-refractivity contribution in [2.45, 2.75) is 20.8 Å². The molecule has 0 unspecified atom stereocenters. The number of hydrogen-bond acceptors (Lipinski definition) is 7. The van der Waals surface area contributed by atoms with E-state index in [0.29, 0.717) is 37.7 Å². The Labute approximate surface area is 114 Å². The number of rotatable bonds is 9. The molecule has 1 rings (SSSR count). The number of likely N-dealkylation sites (N-methyl/N-ethyl adjacent to an activating group) is 1. The van der Waals surface area contributed by atoms with E-state index in [-0.39, 0.29) is 0 Å². The molecule has 0 saturated carbocycles. The van der Waals surface area contributed by atoms with Crippen LogP contribution in [0.5, 0.6) is 6.01 Å². The molecule has 7 heteroatoms. The van der Waals surface area contributed by atoms with E-state index in [2.05, 4.69) is 27.2 Å². The van der Waals surface area contributed by atoms with Crippen LogP contribution in [0.1, 0.15) is 20.8 Å². The summed E-state index contributed by atoms with van der Waals surface area (Å²) in [6.45, 7) is 9.35. The number of aromatic nitrogens is 3. The standard InChI is InChI=1S/C12H23N5O2/c1-5-17(8-9-18-6-2)11-14-10(13-4)15-12(16-11)19-7-3/h5-9H2,1-4H3,(H,13,14,15,16). The molecule has 0 aliphatic carbocycles. The highest BCUT2D eigenvalue weighted by Gasteiger charge is 2.12. The van der Waals surface area contributed by atoms with Gasteiger partial charge in [0.05, 0.1) is 13.2 Å². The lowest BCUT2D eigenvalue weighted by molar-refractivity contribution is 0.153. The SMILES string of the molecule is CCOCCN(CC)c1nc(NC)nc(OCC)n1. The first kappa shape index (κ1) is 15.4. The second-order valence-electron chi connectivity index (χ2n) is 3.70. The maximum absolute atomic E-state index is 5.36. The van der Waals surface area contributed by atoms with E-state index >= 15 is 0 Å². The highest BCUT2D eigenvalue weighted by atomic mass is 16.5. The zero-order valence-electron chi connectivity index (χ0n) is 12.1. The third-order valence-electron chi connectivity index (χ3n) is 2.47. The zero-order chi connectivity index (χ0) is 14.1. The van der Waals surface area contributed by atoms with Crippen LogP contribution in [0.15, 0.2) is 0 Å². The Hall–Kier alpha value is -1.63. The molecule has 7 nitrogen and oxygen atoms in total. The first-order valence-electron chi connectivity index (χ1n) is 6.64. The van der Waals surface area contributed by atoms with Gasteiger partial charge >= 0.3 is 6.01 Å². The molecular formula is C12H23N5O2. The molecule has 108 valence electrons. The molecule has 0 aliphatic rings. The summed E-state index contributed by atoms with van der Waals surface area (Å²) < 4.78 is 10.7. The molecule has 0 aliphatic heterocycles. The Morgan fingerprint density at radius 3 is 2.47 bits per heavy atom. The van der Waals surface area contributed by atoms with E-state index in [9.17, 15) is 0 Å². The van der Waals surface area contributed by atoms with E-state index in [4.69, 9.17) is 9.47 Å². The van der Waals surface area contributed by atoms with Gasteiger partial charge in [0.25, 0.3) is 0 Å². The Morgan fingerprint density at radius 2 is 1.89 bits per heavy atom. The first-order chi connectivity index (χ1) is 9.24. The number of anilines is 2. The average Bonchev–Trinajstić information content (AvgIpc) is 2.43. The fraction of sp³-hybridized carbons (Fsp3) is 0.750. The molecule has 0 fully saturated rings. The monoisotopic (exact) mass is 269 g/mol. The molecule has 0 radical (unpaired) electrons. The van der Waals surface area contributed by atoms with E-state index < -0.39 is 0 Å². The number of ether oxygens (including phenoxy) is 2. The van der Waals surface area contributed by atoms with Crippen LogP contribution in [0.25, 0.3) is 0 Å². The number of nitrogens with one attached hydrogen (secondary N) is 1. The van der Waals surface area contributed by atoms with Crippen LogP contribution in [0.2, 0.25) is 0 Å². The van der Waals surface area contributed by atoms with Gasteiger partial charge in [0, 0.05) is 26.7 Å². The van der Waals surface area contributed by atoms with Crippen molar-refractivity contribution in [1.82, 2.24) is 15.0 Å². The van der Waals surface area contributed by atoms with Crippen LogP contribution in [0.4, 0.5) is 11.9 Å². The van der Waals surface area contributed by atoms with Crippen molar-refractivity contribution in [3.05, 3.63) is 0 Å². The summed E-state index contributed by atoms with van der Waals surface area (Å²) in [7, 11) is 1.77. The van der Waals surface area contributed by atoms with Crippen molar-refractivity contribution in [3.63, 3.8) is 0 Å². The van der Waals surface area contributed by atoms with Gasteiger partial charge in [-0.05, 0) is 20.8 Å². The van der Waals surface area contributed by atoms with Crippen molar-refractivity contribution in [1.29, 1.82) is 0 Å². The van der Waals surface area contributed by atoms with Crippen LogP contribution < -0.4 is 15.0 Å². The molecule has 1 N–H and O–H groups in total. The quantitative estimate of drug-likeness (QED) is 0.675. The molecule has 0 saturated heterocycles. The topological polar surface area (TPSA) is 72.4 Å². The third kappa shape index (κ3) is 4.86. The molecule has 1 aromatic rings. The van der Waals surface area contributed by atoms with E-state index in [1.165, 1.54) is 0 Å². The van der Waals surface area contributed by atoms with Crippen LogP contribution in [0.3, 0.4) is 0 Å². The van der Waals surface area contributed by atoms with Crippen molar-refractivity contribution < 1.29 is 9.47 Å². The predicted molar refractivity (Wildman–Crippen MR) is 74.9 cm³/mol. The minimum Gasteiger partial charge on any atom is -0.464 e. The lowest BCUT2D eigenvalue weighted by Crippen LogP contribution is -2.29. The van der Waals surface area contributed by atoms with Gasteiger partial charge < -0.3 is 19.7 Å². The average molecular weight is 269 g/mol. The van der Waals surface area contributed by atoms with Gasteiger partial charge in [-0.15, -0.1) is 0 Å². The van der Waals surface area contributed by atoms with E-state index in [1.54, 1.807) is 7.05 Å². The van der Waals surface area contributed by atoms with E-state index in [1.807, 2.05) is 18.7 Å². The molecule has 0 amide bonds. The number of nitrogens with zero attached hydrogens (tertiary/aromatic N) is 4. The van der Waals surface area contributed by atoms with Crippen LogP contribution in [-0.2, 0) is 4.74 Å². The van der Waals surface area contributed by atoms with E-state index in [0.717, 1.165) is 13.1 Å². The van der Waals surface area contributed by atoms with Crippen molar-refractivity contribution in [3.8, 4) is 6.01 Å². The minimum absolute atomic E-state index is 0.340. The summed E-state index contributed by atoms with van der Waals surface area (Å²) in [4.78, 5) is 14.8. The Morgan fingerprint density at radius 1 is 1.11 bits per heavy atom. The lowest BCUT2D eigenvalue weighted by Gasteiger charge is -2.21. The van der Waals surface area contributed by atoms with Crippen molar-refractivity contribution in [2.75, 3.05) is 50.2 Å². The highest BCUT2D eigenvalue weighted by Crippen LogP contribution is 2.14. The maximum Gasteiger partial charge on any atom is 0.323 e. The van der Waals surface area contributed by atoms with Crippen molar-refractivity contribution in [2.24, 2.45) is 0 Å². The fourth-order valence-electron chi connectivity index (χ4n) is 1.51. The third-order valence-corrected chi connectivity index (χ3v) is 2.47. The van der Waals surface area contributed by atoms with Crippen LogP contribution in [0, 0.1) is 0 Å². The molecular weight excluding hydrogens is 246 g/mol. The van der Waals surface area contributed by atoms with Gasteiger partial charge in [-0.1, -0.05) is 0 Å². The van der Waals surface area contributed by atoms with Gasteiger partial charge in [-0.3, -0.25) is 0 Å². The molecule has 1 heterocycles. The van der Waals surface area contributed by atoms with Gasteiger partial charge in [-0.2, -0.15) is 15.0 Å². The normalized spacial score (nSPS) is 10.3. The first-order valence-corrected chi connectivity index (χ1v) is 6.64. The lowest BCUT2D eigenvalue weighted by atomic mass is 10.5. The largest absolute Gasteiger partial charge is 0.464 e. The summed E-state index contributed by atoms with van der Waals surface area (Å²) in [6.07, 6.45) is 0. The summed E-state index contributed by atoms with van der Waals surface area (Å²) in [5, 5.41) is 2.91. The van der Waals surface area contributed by atoms with Gasteiger partial charge in [-0.25, -0.2) is 0 Å². The second-order valence-corrected chi connectivity index (χ2v) is 3.70. The summed E-state index contributed by atoms with van der Waals surface area (Å²) in [5.41, 5.74) is 0. The van der Waals surface area contributed by atoms with Crippen LogP contribution in [-0.4, -0.2) is 54.9 Å². The molecule has 0 atom stereocenters. The Kier molecular flexibility index (Phi) is 6.88. The zero-order valence-corrected chi connectivity index (χ0v) is 12.1. The van der Waals surface area contributed by atoms with Crippen LogP contribution >= 0.6 is 0 Å². The molecule has 0 aromatic carbocycles. The maximum atomic E-state index is 5.36. The van der Waals surface area contributed by atoms with Gasteiger partial charge in [0.1, 0.15) is 0 Å². The van der Waals surface area contributed by atoms with Crippen molar-refractivity contribution >= 4 is 11.9 Å². The molecule has 19 heavy (non-hydrogen) atoms.